The second-order valence-corrected chi connectivity index (χ2v) is 18.7. The highest BCUT2D eigenvalue weighted by Gasteiger charge is 2.27. The van der Waals surface area contributed by atoms with Crippen LogP contribution in [0.5, 0.6) is 0 Å². The van der Waals surface area contributed by atoms with Gasteiger partial charge in [-0.25, -0.2) is 0 Å². The average molecular weight is 751 g/mol. The van der Waals surface area contributed by atoms with E-state index in [1.807, 2.05) is 0 Å². The van der Waals surface area contributed by atoms with Crippen LogP contribution >= 0.6 is 0 Å². The van der Waals surface area contributed by atoms with Crippen LogP contribution in [0.25, 0.3) is 10.8 Å². The van der Waals surface area contributed by atoms with E-state index in [0.29, 0.717) is 5.41 Å². The van der Waals surface area contributed by atoms with Crippen molar-refractivity contribution in [1.82, 2.24) is 0 Å². The number of unbranched alkanes of at least 4 members (excludes halogenated alkanes) is 12. The van der Waals surface area contributed by atoms with Gasteiger partial charge in [-0.3, -0.25) is 0 Å². The number of aryl methyl sites for hydroxylation is 2. The van der Waals surface area contributed by atoms with E-state index in [2.05, 4.69) is 164 Å². The Bertz CT molecular complexity index is 1700. The maximum absolute atomic E-state index is 2.36. The third-order valence-corrected chi connectivity index (χ3v) is 11.5. The summed E-state index contributed by atoms with van der Waals surface area (Å²) in [7, 11) is 0. The lowest BCUT2D eigenvalue weighted by Crippen LogP contribution is -2.24. The molecular weight excluding hydrogens is 673 g/mol. The van der Waals surface area contributed by atoms with Crippen molar-refractivity contribution in [2.45, 2.75) is 176 Å². The Morgan fingerprint density at radius 2 is 0.732 bits per heavy atom. The van der Waals surface area contributed by atoms with Gasteiger partial charge in [0.05, 0.1) is 0 Å². The van der Waals surface area contributed by atoms with Crippen LogP contribution in [-0.4, -0.2) is 0 Å². The largest absolute Gasteiger partial charge is 0.0654 e. The topological polar surface area (TPSA) is 0 Å². The van der Waals surface area contributed by atoms with E-state index in [0.717, 1.165) is 12.8 Å². The molecule has 0 unspecified atom stereocenters. The molecule has 0 heterocycles. The van der Waals surface area contributed by atoms with Gasteiger partial charge in [-0.15, -0.1) is 0 Å². The van der Waals surface area contributed by atoms with Crippen LogP contribution in [0, 0.1) is 5.41 Å². The molecule has 0 amide bonds. The molecule has 0 aliphatic carbocycles. The molecule has 0 bridgehead atoms. The average Bonchev–Trinajstić information content (AvgIpc) is 3.18. The fraction of sp³-hybridized carbons (Fsp3) is 0.500. The number of fused-ring (bicyclic) bond motifs is 1. The minimum atomic E-state index is 0.208. The van der Waals surface area contributed by atoms with Crippen LogP contribution in [0.4, 0.5) is 0 Å². The van der Waals surface area contributed by atoms with Crippen molar-refractivity contribution < 1.29 is 0 Å². The van der Waals surface area contributed by atoms with Crippen LogP contribution in [0.1, 0.15) is 184 Å². The highest BCUT2D eigenvalue weighted by Crippen LogP contribution is 2.36. The van der Waals surface area contributed by atoms with Gasteiger partial charge in [0, 0.05) is 0 Å². The van der Waals surface area contributed by atoms with Crippen LogP contribution in [0.2, 0.25) is 0 Å². The highest BCUT2D eigenvalue weighted by molar-refractivity contribution is 5.83. The first-order chi connectivity index (χ1) is 27.0. The Morgan fingerprint density at radius 3 is 1.20 bits per heavy atom. The van der Waals surface area contributed by atoms with Crippen LogP contribution < -0.4 is 0 Å². The van der Waals surface area contributed by atoms with E-state index < -0.39 is 0 Å². The molecule has 0 saturated heterocycles. The van der Waals surface area contributed by atoms with Crippen LogP contribution in [0.15, 0.2) is 115 Å². The third-order valence-electron chi connectivity index (χ3n) is 11.5. The Balaban J connectivity index is 0.000000254. The van der Waals surface area contributed by atoms with Gasteiger partial charge >= 0.3 is 0 Å². The monoisotopic (exact) mass is 751 g/mol. The molecule has 0 N–H and O–H groups in total. The lowest BCUT2D eigenvalue weighted by molar-refractivity contribution is 0.284. The Kier molecular flexibility index (Phi) is 19.5. The predicted molar refractivity (Wildman–Crippen MR) is 249 cm³/mol. The van der Waals surface area contributed by atoms with E-state index >= 15 is 0 Å². The first kappa shape index (κ1) is 45.1. The van der Waals surface area contributed by atoms with Crippen molar-refractivity contribution in [1.29, 1.82) is 0 Å². The zero-order chi connectivity index (χ0) is 40.1. The SMILES string of the molecule is CC(C)(C)CC(C)(C)c1ccc(Cc2ccc3ccccc3c2)cc1.CCCCCCCCCc1ccc(Cc2ccc(CCCCCCCCC)cc2)cc1. The van der Waals surface area contributed by atoms with Gasteiger partial charge in [-0.05, 0) is 105 Å². The van der Waals surface area contributed by atoms with E-state index in [9.17, 15) is 0 Å². The van der Waals surface area contributed by atoms with Gasteiger partial charge in [0.25, 0.3) is 0 Å². The van der Waals surface area contributed by atoms with Gasteiger partial charge in [0.2, 0.25) is 0 Å². The highest BCUT2D eigenvalue weighted by atomic mass is 14.3. The maximum atomic E-state index is 2.36. The summed E-state index contributed by atoms with van der Waals surface area (Å²) in [6.07, 6.45) is 25.2. The molecule has 5 rings (SSSR count). The minimum Gasteiger partial charge on any atom is -0.0654 e. The summed E-state index contributed by atoms with van der Waals surface area (Å²) in [5, 5.41) is 2.63. The Morgan fingerprint density at radius 1 is 0.357 bits per heavy atom. The van der Waals surface area contributed by atoms with Gasteiger partial charge in [-0.1, -0.05) is 241 Å². The molecule has 56 heavy (non-hydrogen) atoms. The number of hydrogen-bond acceptors (Lipinski definition) is 0. The van der Waals surface area contributed by atoms with Gasteiger partial charge < -0.3 is 0 Å². The molecule has 302 valence electrons. The zero-order valence-corrected chi connectivity index (χ0v) is 36.9. The predicted octanol–water partition coefficient (Wildman–Crippen LogP) is 17.0. The normalized spacial score (nSPS) is 11.8. The standard InChI is InChI=1S/C31H48.C25H30/c1-3-5-7-9-11-13-15-17-28-19-23-30(24-20-28)27-31-25-21-29(22-26-31)18-16-14-12-10-8-6-4-2;1-24(2,3)18-25(4,5)23-14-11-19(12-15-23)16-20-10-13-21-8-6-7-9-22(21)17-20/h19-26H,3-18,27H2,1-2H3;6-15,17H,16,18H2,1-5H3. The molecule has 0 saturated carbocycles. The minimum absolute atomic E-state index is 0.208. The van der Waals surface area contributed by atoms with Crippen molar-refractivity contribution in [3.63, 3.8) is 0 Å². The third kappa shape index (κ3) is 17.2. The first-order valence-electron chi connectivity index (χ1n) is 22.8. The lowest BCUT2D eigenvalue weighted by atomic mass is 9.72. The van der Waals surface area contributed by atoms with E-state index in [1.165, 1.54) is 159 Å². The summed E-state index contributed by atoms with van der Waals surface area (Å²) < 4.78 is 0. The summed E-state index contributed by atoms with van der Waals surface area (Å²) in [6.45, 7) is 16.3. The van der Waals surface area contributed by atoms with Gasteiger partial charge in [0.15, 0.2) is 0 Å². The number of hydrogen-bond donors (Lipinski definition) is 0. The summed E-state index contributed by atoms with van der Waals surface area (Å²) >= 11 is 0. The van der Waals surface area contributed by atoms with E-state index in [1.54, 1.807) is 0 Å². The van der Waals surface area contributed by atoms with Crippen LogP contribution in [-0.2, 0) is 31.1 Å². The Hall–Kier alpha value is -3.64. The summed E-state index contributed by atoms with van der Waals surface area (Å²) in [5.74, 6) is 0. The summed E-state index contributed by atoms with van der Waals surface area (Å²) in [6, 6.07) is 43.3. The molecule has 0 radical (unpaired) electrons. The fourth-order valence-electron chi connectivity index (χ4n) is 8.54. The zero-order valence-electron chi connectivity index (χ0n) is 36.9. The number of rotatable bonds is 22. The van der Waals surface area contributed by atoms with E-state index in [4.69, 9.17) is 0 Å². The molecular formula is C56H78. The summed E-state index contributed by atoms with van der Waals surface area (Å²) in [5.41, 5.74) is 10.6. The summed E-state index contributed by atoms with van der Waals surface area (Å²) in [4.78, 5) is 0. The molecule has 0 spiro atoms. The van der Waals surface area contributed by atoms with Gasteiger partial charge in [-0.2, -0.15) is 0 Å². The Labute approximate surface area is 345 Å². The quantitative estimate of drug-likeness (QED) is 0.0618. The first-order valence-corrected chi connectivity index (χ1v) is 22.8. The molecule has 5 aromatic carbocycles. The molecule has 0 aliphatic heterocycles. The van der Waals surface area contributed by atoms with Gasteiger partial charge in [0.1, 0.15) is 0 Å². The molecule has 0 fully saturated rings. The van der Waals surface area contributed by atoms with Crippen molar-refractivity contribution in [2.75, 3.05) is 0 Å². The molecule has 0 aromatic heterocycles. The smallest absolute Gasteiger partial charge is 0.00255 e. The molecule has 0 atom stereocenters. The molecule has 0 nitrogen and oxygen atoms in total. The van der Waals surface area contributed by atoms with Crippen molar-refractivity contribution in [3.05, 3.63) is 154 Å². The van der Waals surface area contributed by atoms with Crippen molar-refractivity contribution in [3.8, 4) is 0 Å². The van der Waals surface area contributed by atoms with Crippen molar-refractivity contribution in [2.24, 2.45) is 5.41 Å². The van der Waals surface area contributed by atoms with Crippen molar-refractivity contribution >= 4 is 10.8 Å². The van der Waals surface area contributed by atoms with Crippen LogP contribution in [0.3, 0.4) is 0 Å². The fourth-order valence-corrected chi connectivity index (χ4v) is 8.54. The molecule has 0 aliphatic rings. The number of benzene rings is 5. The second kappa shape index (κ2) is 24.2. The molecule has 0 heteroatoms. The molecule has 5 aromatic rings. The van der Waals surface area contributed by atoms with E-state index in [-0.39, 0.29) is 5.41 Å². The maximum Gasteiger partial charge on any atom is -0.00255 e. The second-order valence-electron chi connectivity index (χ2n) is 18.7. The lowest BCUT2D eigenvalue weighted by Gasteiger charge is -2.33.